The number of aromatic amines is 1. The Bertz CT molecular complexity index is 1100. The second kappa shape index (κ2) is 7.75. The summed E-state index contributed by atoms with van der Waals surface area (Å²) >= 11 is 0. The van der Waals surface area contributed by atoms with E-state index in [-0.39, 0.29) is 29.1 Å². The first-order valence-electron chi connectivity index (χ1n) is 8.77. The van der Waals surface area contributed by atoms with Crippen LogP contribution in [0.4, 0.5) is 13.2 Å². The summed E-state index contributed by atoms with van der Waals surface area (Å²) in [6.45, 7) is 2.85. The van der Waals surface area contributed by atoms with Gasteiger partial charge in [0.15, 0.2) is 0 Å². The van der Waals surface area contributed by atoms with E-state index in [1.807, 2.05) is 0 Å². The van der Waals surface area contributed by atoms with Crippen LogP contribution in [0.2, 0.25) is 0 Å². The number of H-pyrrole nitrogens is 1. The van der Waals surface area contributed by atoms with E-state index in [4.69, 9.17) is 0 Å². The molecule has 0 saturated heterocycles. The van der Waals surface area contributed by atoms with Crippen LogP contribution in [-0.4, -0.2) is 43.1 Å². The number of carbonyl (C=O) groups excluding carboxylic acids is 1. The lowest BCUT2D eigenvalue weighted by Gasteiger charge is -2.18. The molecule has 1 amide bonds. The molecule has 2 aromatic heterocycles. The molecule has 1 aromatic carbocycles. The minimum absolute atomic E-state index is 0.109. The highest BCUT2D eigenvalue weighted by molar-refractivity contribution is 5.94. The van der Waals surface area contributed by atoms with Crippen molar-refractivity contribution in [3.8, 4) is 16.9 Å². The molecule has 8 nitrogen and oxygen atoms in total. The average molecular weight is 421 g/mol. The molecular formula is C19H18F3N5O3. The van der Waals surface area contributed by atoms with E-state index in [0.717, 1.165) is 16.8 Å². The maximum absolute atomic E-state index is 12.8. The number of carbonyl (C=O) groups is 1. The molecule has 0 aliphatic rings. The van der Waals surface area contributed by atoms with E-state index in [1.54, 1.807) is 0 Å². The number of nitrogens with zero attached hydrogens (tertiary/aromatic N) is 3. The van der Waals surface area contributed by atoms with Crippen molar-refractivity contribution >= 4 is 5.91 Å². The summed E-state index contributed by atoms with van der Waals surface area (Å²) in [5, 5.41) is 22.7. The van der Waals surface area contributed by atoms with Crippen LogP contribution in [0.15, 0.2) is 47.5 Å². The van der Waals surface area contributed by atoms with Crippen LogP contribution in [-0.2, 0) is 6.18 Å². The number of hydrogen-bond acceptors (Lipinski definition) is 5. The van der Waals surface area contributed by atoms with Gasteiger partial charge in [-0.15, -0.1) is 0 Å². The van der Waals surface area contributed by atoms with Crippen molar-refractivity contribution in [2.45, 2.75) is 25.6 Å². The zero-order chi connectivity index (χ0) is 22.1. The third kappa shape index (κ3) is 4.74. The number of alkyl halides is 3. The van der Waals surface area contributed by atoms with Gasteiger partial charge in [-0.25, -0.2) is 0 Å². The van der Waals surface area contributed by atoms with Crippen molar-refractivity contribution in [1.82, 2.24) is 25.3 Å². The second-order valence-electron chi connectivity index (χ2n) is 7.19. The fourth-order valence-electron chi connectivity index (χ4n) is 2.55. The predicted octanol–water partition coefficient (Wildman–Crippen LogP) is 2.14. The SMILES string of the molecule is CC(C)(O)CNC(=O)c1cc(-c2ccc(C(F)(F)F)cc2)nn(-c2cn[nH]c2)c1=O. The summed E-state index contributed by atoms with van der Waals surface area (Å²) in [6, 6.07) is 5.37. The molecule has 158 valence electrons. The molecule has 0 saturated carbocycles. The highest BCUT2D eigenvalue weighted by atomic mass is 19.4. The Morgan fingerprint density at radius 2 is 1.90 bits per heavy atom. The molecule has 11 heteroatoms. The Kier molecular flexibility index (Phi) is 5.49. The topological polar surface area (TPSA) is 113 Å². The quantitative estimate of drug-likeness (QED) is 0.584. The van der Waals surface area contributed by atoms with E-state index in [1.165, 1.54) is 44.4 Å². The number of nitrogens with one attached hydrogen (secondary N) is 2. The predicted molar refractivity (Wildman–Crippen MR) is 101 cm³/mol. The average Bonchev–Trinajstić information content (AvgIpc) is 3.19. The van der Waals surface area contributed by atoms with Gasteiger partial charge in [0.1, 0.15) is 11.3 Å². The van der Waals surface area contributed by atoms with Crippen molar-refractivity contribution in [2.24, 2.45) is 0 Å². The summed E-state index contributed by atoms with van der Waals surface area (Å²) in [5.74, 6) is -0.755. The molecule has 0 aliphatic heterocycles. The maximum atomic E-state index is 12.8. The lowest BCUT2D eigenvalue weighted by molar-refractivity contribution is -0.137. The molecule has 3 rings (SSSR count). The third-order valence-corrected chi connectivity index (χ3v) is 4.07. The highest BCUT2D eigenvalue weighted by Gasteiger charge is 2.30. The number of hydrogen-bond donors (Lipinski definition) is 3. The molecule has 0 bridgehead atoms. The molecule has 3 N–H and O–H groups in total. The Morgan fingerprint density at radius 3 is 2.43 bits per heavy atom. The first-order valence-corrected chi connectivity index (χ1v) is 8.77. The molecule has 0 aliphatic carbocycles. The monoisotopic (exact) mass is 421 g/mol. The normalized spacial score (nSPS) is 12.1. The summed E-state index contributed by atoms with van der Waals surface area (Å²) in [4.78, 5) is 25.4. The van der Waals surface area contributed by atoms with Gasteiger partial charge in [-0.3, -0.25) is 14.7 Å². The first kappa shape index (κ1) is 21.2. The molecule has 30 heavy (non-hydrogen) atoms. The summed E-state index contributed by atoms with van der Waals surface area (Å²) < 4.78 is 39.4. The van der Waals surface area contributed by atoms with Gasteiger partial charge in [0.2, 0.25) is 0 Å². The van der Waals surface area contributed by atoms with Gasteiger partial charge in [0.25, 0.3) is 11.5 Å². The van der Waals surface area contributed by atoms with Crippen molar-refractivity contribution in [2.75, 3.05) is 6.54 Å². The molecule has 0 spiro atoms. The fraction of sp³-hybridized carbons (Fsp3) is 0.263. The van der Waals surface area contributed by atoms with E-state index in [2.05, 4.69) is 20.6 Å². The Balaban J connectivity index is 2.08. The standard InChI is InChI=1S/C19H18F3N5O3/c1-18(2,30)10-23-16(28)14-7-15(11-3-5-12(6-4-11)19(20,21)22)26-27(17(14)29)13-8-24-25-9-13/h3-9,30H,10H2,1-2H3,(H,23,28)(H,24,25). The minimum Gasteiger partial charge on any atom is -0.389 e. The number of aliphatic hydroxyl groups is 1. The smallest absolute Gasteiger partial charge is 0.389 e. The van der Waals surface area contributed by atoms with Gasteiger partial charge in [-0.2, -0.15) is 28.1 Å². The number of aromatic nitrogens is 4. The molecule has 0 fully saturated rings. The van der Waals surface area contributed by atoms with Gasteiger partial charge in [0, 0.05) is 18.3 Å². The highest BCUT2D eigenvalue weighted by Crippen LogP contribution is 2.30. The zero-order valence-corrected chi connectivity index (χ0v) is 16.0. The second-order valence-corrected chi connectivity index (χ2v) is 7.19. The lowest BCUT2D eigenvalue weighted by atomic mass is 10.1. The summed E-state index contributed by atoms with van der Waals surface area (Å²) in [5.41, 5.74) is -2.45. The van der Waals surface area contributed by atoms with Crippen molar-refractivity contribution in [3.63, 3.8) is 0 Å². The van der Waals surface area contributed by atoms with Gasteiger partial charge >= 0.3 is 6.18 Å². The molecule has 2 heterocycles. The van der Waals surface area contributed by atoms with Crippen LogP contribution in [0, 0.1) is 0 Å². The van der Waals surface area contributed by atoms with Crippen LogP contribution >= 0.6 is 0 Å². The number of benzene rings is 1. The maximum Gasteiger partial charge on any atom is 0.416 e. The zero-order valence-electron chi connectivity index (χ0n) is 16.0. The summed E-state index contributed by atoms with van der Waals surface area (Å²) in [6.07, 6.45) is -1.81. The van der Waals surface area contributed by atoms with Crippen molar-refractivity contribution in [1.29, 1.82) is 0 Å². The third-order valence-electron chi connectivity index (χ3n) is 4.07. The van der Waals surface area contributed by atoms with E-state index < -0.39 is 28.8 Å². The molecule has 3 aromatic rings. The van der Waals surface area contributed by atoms with Crippen molar-refractivity contribution < 1.29 is 23.1 Å². The van der Waals surface area contributed by atoms with Gasteiger partial charge in [-0.05, 0) is 32.0 Å². The van der Waals surface area contributed by atoms with E-state index in [0.29, 0.717) is 0 Å². The fourth-order valence-corrected chi connectivity index (χ4v) is 2.55. The van der Waals surface area contributed by atoms with Crippen LogP contribution in [0.5, 0.6) is 0 Å². The van der Waals surface area contributed by atoms with Gasteiger partial charge in [0.05, 0.1) is 23.1 Å². The number of amides is 1. The van der Waals surface area contributed by atoms with E-state index in [9.17, 15) is 27.9 Å². The minimum atomic E-state index is -4.50. The Morgan fingerprint density at radius 1 is 1.23 bits per heavy atom. The van der Waals surface area contributed by atoms with E-state index >= 15 is 0 Å². The first-order chi connectivity index (χ1) is 14.0. The van der Waals surface area contributed by atoms with Crippen LogP contribution < -0.4 is 10.9 Å². The number of rotatable bonds is 5. The summed E-state index contributed by atoms with van der Waals surface area (Å²) in [7, 11) is 0. The Hall–Kier alpha value is -3.47. The van der Waals surface area contributed by atoms with Crippen molar-refractivity contribution in [3.05, 3.63) is 64.2 Å². The van der Waals surface area contributed by atoms with Gasteiger partial charge < -0.3 is 10.4 Å². The molecule has 0 radical (unpaired) electrons. The Labute approximate surface area is 168 Å². The lowest BCUT2D eigenvalue weighted by Crippen LogP contribution is -2.41. The van der Waals surface area contributed by atoms with Crippen LogP contribution in [0.3, 0.4) is 0 Å². The van der Waals surface area contributed by atoms with Crippen LogP contribution in [0.25, 0.3) is 16.9 Å². The van der Waals surface area contributed by atoms with Gasteiger partial charge in [-0.1, -0.05) is 12.1 Å². The number of halogens is 3. The van der Waals surface area contributed by atoms with Crippen LogP contribution in [0.1, 0.15) is 29.8 Å². The molecule has 0 atom stereocenters. The largest absolute Gasteiger partial charge is 0.416 e. The molecular weight excluding hydrogens is 403 g/mol. The molecule has 0 unspecified atom stereocenters.